The highest BCUT2D eigenvalue weighted by Gasteiger charge is 2.44. The van der Waals surface area contributed by atoms with Gasteiger partial charge in [0.25, 0.3) is 0 Å². The van der Waals surface area contributed by atoms with Gasteiger partial charge < -0.3 is 41.3 Å². The van der Waals surface area contributed by atoms with Crippen molar-refractivity contribution in [3.63, 3.8) is 0 Å². The molecule has 294 valence electrons. The maximum atomic E-state index is 14.1. The molecule has 1 saturated carbocycles. The number of nitrogens with one attached hydrogen (secondary N) is 4. The van der Waals surface area contributed by atoms with Gasteiger partial charge in [-0.2, -0.15) is 0 Å². The number of carboxylic acids is 1. The van der Waals surface area contributed by atoms with E-state index in [1.165, 1.54) is 36.0 Å². The SMILES string of the molecule is CCCNC(=O)[C@@H](NC(=O)[C@@H]1CCCN1C(=O)[C@H](CC(=O)O)NC(=O)[C@@H]1CCCCN1C(=O)[C@@H](NC(=O)CCC1CCCCC1)C(C)(C)C)[C@@H](C)O. The third kappa shape index (κ3) is 12.2. The van der Waals surface area contributed by atoms with Crippen molar-refractivity contribution < 1.29 is 43.8 Å². The van der Waals surface area contributed by atoms with Gasteiger partial charge in [-0.05, 0) is 63.2 Å². The first-order valence-electron chi connectivity index (χ1n) is 19.2. The summed E-state index contributed by atoms with van der Waals surface area (Å²) in [5, 5.41) is 30.6. The molecular formula is C37H62N6O9. The number of carbonyl (C=O) groups is 7. The van der Waals surface area contributed by atoms with Crippen LogP contribution >= 0.6 is 0 Å². The van der Waals surface area contributed by atoms with Crippen molar-refractivity contribution in [2.75, 3.05) is 19.6 Å². The molecule has 0 radical (unpaired) electrons. The molecule has 3 rings (SSSR count). The Bertz CT molecular complexity index is 1280. The van der Waals surface area contributed by atoms with Crippen LogP contribution in [0.5, 0.6) is 0 Å². The number of hydrogen-bond donors (Lipinski definition) is 6. The number of carbonyl (C=O) groups excluding carboxylic acids is 6. The number of hydrogen-bond acceptors (Lipinski definition) is 8. The molecule has 3 aliphatic rings. The maximum Gasteiger partial charge on any atom is 0.305 e. The fraction of sp³-hybridized carbons (Fsp3) is 0.811. The summed E-state index contributed by atoms with van der Waals surface area (Å²) in [4.78, 5) is 95.5. The molecule has 3 fully saturated rings. The molecule has 0 aromatic carbocycles. The number of likely N-dealkylation sites (tertiary alicyclic amines) is 2. The van der Waals surface area contributed by atoms with E-state index in [1.54, 1.807) is 0 Å². The smallest absolute Gasteiger partial charge is 0.305 e. The molecule has 6 atom stereocenters. The topological polar surface area (TPSA) is 215 Å². The highest BCUT2D eigenvalue weighted by Crippen LogP contribution is 2.29. The molecule has 0 bridgehead atoms. The van der Waals surface area contributed by atoms with Gasteiger partial charge in [-0.3, -0.25) is 33.6 Å². The second-order valence-electron chi connectivity index (χ2n) is 15.8. The lowest BCUT2D eigenvalue weighted by Gasteiger charge is -2.41. The van der Waals surface area contributed by atoms with Crippen LogP contribution in [0.25, 0.3) is 0 Å². The third-order valence-corrected chi connectivity index (χ3v) is 10.5. The number of aliphatic hydroxyl groups excluding tert-OH is 1. The third-order valence-electron chi connectivity index (χ3n) is 10.5. The van der Waals surface area contributed by atoms with Crippen LogP contribution in [0.3, 0.4) is 0 Å². The summed E-state index contributed by atoms with van der Waals surface area (Å²) in [6.07, 6.45) is 7.73. The van der Waals surface area contributed by atoms with Crippen LogP contribution in [0.2, 0.25) is 0 Å². The van der Waals surface area contributed by atoms with Crippen molar-refractivity contribution in [1.29, 1.82) is 0 Å². The van der Waals surface area contributed by atoms with Crippen molar-refractivity contribution in [2.24, 2.45) is 11.3 Å². The quantitative estimate of drug-likeness (QED) is 0.136. The van der Waals surface area contributed by atoms with Crippen LogP contribution in [-0.4, -0.2) is 117 Å². The van der Waals surface area contributed by atoms with Crippen LogP contribution in [0, 0.1) is 11.3 Å². The molecule has 1 aliphatic carbocycles. The van der Waals surface area contributed by atoms with E-state index >= 15 is 0 Å². The Labute approximate surface area is 307 Å². The fourth-order valence-electron chi connectivity index (χ4n) is 7.49. The molecule has 0 spiro atoms. The molecule has 15 nitrogen and oxygen atoms in total. The van der Waals surface area contributed by atoms with E-state index in [9.17, 15) is 43.8 Å². The van der Waals surface area contributed by atoms with Crippen molar-refractivity contribution in [2.45, 2.75) is 161 Å². The summed E-state index contributed by atoms with van der Waals surface area (Å²) < 4.78 is 0. The Hall–Kier alpha value is -3.75. The number of piperidine rings is 1. The highest BCUT2D eigenvalue weighted by molar-refractivity contribution is 5.98. The Morgan fingerprint density at radius 3 is 1.94 bits per heavy atom. The summed E-state index contributed by atoms with van der Waals surface area (Å²) in [6.45, 7) is 9.48. The molecule has 0 aromatic heterocycles. The van der Waals surface area contributed by atoms with E-state index in [0.717, 1.165) is 19.3 Å². The molecule has 2 heterocycles. The summed E-state index contributed by atoms with van der Waals surface area (Å²) in [5.74, 6) is -4.18. The first-order chi connectivity index (χ1) is 24.5. The molecule has 52 heavy (non-hydrogen) atoms. The number of rotatable bonds is 16. The predicted molar refractivity (Wildman–Crippen MR) is 192 cm³/mol. The summed E-state index contributed by atoms with van der Waals surface area (Å²) in [6, 6.07) is -5.76. The largest absolute Gasteiger partial charge is 0.481 e. The van der Waals surface area contributed by atoms with Crippen molar-refractivity contribution in [1.82, 2.24) is 31.1 Å². The first kappa shape index (κ1) is 42.7. The number of aliphatic carboxylic acids is 1. The molecule has 2 saturated heterocycles. The van der Waals surface area contributed by atoms with Crippen molar-refractivity contribution in [3.05, 3.63) is 0 Å². The van der Waals surface area contributed by atoms with E-state index in [-0.39, 0.29) is 31.8 Å². The van der Waals surface area contributed by atoms with Crippen LogP contribution in [0.4, 0.5) is 0 Å². The van der Waals surface area contributed by atoms with Gasteiger partial charge in [0.2, 0.25) is 35.4 Å². The maximum absolute atomic E-state index is 14.1. The Balaban J connectivity index is 1.74. The van der Waals surface area contributed by atoms with E-state index < -0.39 is 83.7 Å². The van der Waals surface area contributed by atoms with Gasteiger partial charge in [-0.1, -0.05) is 59.8 Å². The molecule has 6 amide bonds. The fourth-order valence-corrected chi connectivity index (χ4v) is 7.49. The zero-order chi connectivity index (χ0) is 38.6. The standard InChI is InChI=1S/C37H62N6O9/c1-6-19-38-34(50)30(23(2)44)41-33(49)27-16-12-21-42(27)35(51)25(22-29(46)47)39-32(48)26-15-10-11-20-43(26)36(52)31(37(3,4)5)40-28(45)18-17-24-13-8-7-9-14-24/h23-27,30-31,44H,6-22H2,1-5H3,(H,38,50)(H,39,48)(H,40,45)(H,41,49)(H,46,47)/t23-,25+,26+,27+,30+,31-/m1/s1. The van der Waals surface area contributed by atoms with E-state index in [0.29, 0.717) is 44.6 Å². The first-order valence-corrected chi connectivity index (χ1v) is 19.2. The number of amides is 6. The average Bonchev–Trinajstić information content (AvgIpc) is 3.60. The lowest BCUT2D eigenvalue weighted by atomic mass is 9.84. The summed E-state index contributed by atoms with van der Waals surface area (Å²) in [7, 11) is 0. The Kier molecular flexibility index (Phi) is 16.3. The number of carboxylic acid groups (broad SMARTS) is 1. The minimum atomic E-state index is -1.53. The van der Waals surface area contributed by atoms with E-state index in [4.69, 9.17) is 0 Å². The molecular weight excluding hydrogens is 672 g/mol. The van der Waals surface area contributed by atoms with Crippen LogP contribution in [-0.2, 0) is 33.6 Å². The summed E-state index contributed by atoms with van der Waals surface area (Å²) >= 11 is 0. The van der Waals surface area contributed by atoms with Crippen LogP contribution in [0.1, 0.15) is 125 Å². The van der Waals surface area contributed by atoms with Crippen molar-refractivity contribution in [3.8, 4) is 0 Å². The molecule has 6 N–H and O–H groups in total. The van der Waals surface area contributed by atoms with Gasteiger partial charge in [-0.15, -0.1) is 0 Å². The monoisotopic (exact) mass is 734 g/mol. The number of aliphatic hydroxyl groups is 1. The Morgan fingerprint density at radius 2 is 1.35 bits per heavy atom. The van der Waals surface area contributed by atoms with Gasteiger partial charge >= 0.3 is 5.97 Å². The average molecular weight is 735 g/mol. The molecule has 0 aromatic rings. The second kappa shape index (κ2) is 19.9. The minimum absolute atomic E-state index is 0.117. The zero-order valence-electron chi connectivity index (χ0n) is 31.7. The van der Waals surface area contributed by atoms with Crippen LogP contribution < -0.4 is 21.3 Å². The molecule has 0 unspecified atom stereocenters. The summed E-state index contributed by atoms with van der Waals surface area (Å²) in [5.41, 5.74) is -0.674. The van der Waals surface area contributed by atoms with Gasteiger partial charge in [-0.25, -0.2) is 0 Å². The van der Waals surface area contributed by atoms with Gasteiger partial charge in [0, 0.05) is 26.1 Å². The zero-order valence-corrected chi connectivity index (χ0v) is 31.7. The lowest BCUT2D eigenvalue weighted by Crippen LogP contribution is -2.62. The molecule has 15 heteroatoms. The normalized spacial score (nSPS) is 22.0. The predicted octanol–water partition coefficient (Wildman–Crippen LogP) is 1.60. The second-order valence-corrected chi connectivity index (χ2v) is 15.8. The van der Waals surface area contributed by atoms with Crippen molar-refractivity contribution >= 4 is 41.4 Å². The Morgan fingerprint density at radius 1 is 0.769 bits per heavy atom. The lowest BCUT2D eigenvalue weighted by molar-refractivity contribution is -0.150. The van der Waals surface area contributed by atoms with E-state index in [2.05, 4.69) is 21.3 Å². The molecule has 2 aliphatic heterocycles. The van der Waals surface area contributed by atoms with Crippen LogP contribution in [0.15, 0.2) is 0 Å². The van der Waals surface area contributed by atoms with Gasteiger partial charge in [0.15, 0.2) is 0 Å². The van der Waals surface area contributed by atoms with Gasteiger partial charge in [0.1, 0.15) is 30.2 Å². The van der Waals surface area contributed by atoms with Gasteiger partial charge in [0.05, 0.1) is 12.5 Å². The minimum Gasteiger partial charge on any atom is -0.481 e. The highest BCUT2D eigenvalue weighted by atomic mass is 16.4. The number of nitrogens with zero attached hydrogens (tertiary/aromatic N) is 2. The van der Waals surface area contributed by atoms with E-state index in [1.807, 2.05) is 27.7 Å².